The van der Waals surface area contributed by atoms with Gasteiger partial charge < -0.3 is 20.4 Å². The molecule has 1 fully saturated rings. The monoisotopic (exact) mass is 511 g/mol. The van der Waals surface area contributed by atoms with Gasteiger partial charge in [0.1, 0.15) is 5.02 Å². The van der Waals surface area contributed by atoms with Crippen LogP contribution in [0.5, 0.6) is 0 Å². The molecule has 1 atom stereocenters. The van der Waals surface area contributed by atoms with Crippen LogP contribution in [-0.4, -0.2) is 65.5 Å². The smallest absolute Gasteiger partial charge is 0.330 e. The van der Waals surface area contributed by atoms with Crippen LogP contribution < -0.4 is 15.9 Å². The Hall–Kier alpha value is -2.83. The van der Waals surface area contributed by atoms with Crippen molar-refractivity contribution in [3.05, 3.63) is 34.0 Å². The summed E-state index contributed by atoms with van der Waals surface area (Å²) in [5.74, 6) is -3.70. The van der Waals surface area contributed by atoms with Gasteiger partial charge in [-0.2, -0.15) is 4.98 Å². The molecule has 0 bridgehead atoms. The third-order valence-corrected chi connectivity index (χ3v) is 6.45. The Morgan fingerprint density at radius 1 is 1.31 bits per heavy atom. The fraction of sp³-hybridized carbons (Fsp3) is 0.545. The molecule has 3 aromatic rings. The van der Waals surface area contributed by atoms with E-state index >= 15 is 0 Å². The molecule has 4 rings (SSSR count). The van der Waals surface area contributed by atoms with Gasteiger partial charge >= 0.3 is 5.69 Å². The third kappa shape index (κ3) is 5.24. The lowest BCUT2D eigenvalue weighted by Gasteiger charge is -2.37. The molecular weight excluding hydrogens is 484 g/mol. The molecule has 35 heavy (non-hydrogen) atoms. The molecule has 4 heterocycles. The lowest BCUT2D eigenvalue weighted by Crippen LogP contribution is -2.49. The highest BCUT2D eigenvalue weighted by molar-refractivity contribution is 6.32. The molecule has 0 aromatic carbocycles. The minimum Gasteiger partial charge on any atom is -0.396 e. The Bertz CT molecular complexity index is 1290. The average Bonchev–Trinajstić information content (AvgIpc) is 3.02. The predicted molar refractivity (Wildman–Crippen MR) is 129 cm³/mol. The second kappa shape index (κ2) is 9.32. The molecule has 1 saturated heterocycles. The number of hydrogen-bond donors (Lipinski definition) is 3. The molecule has 0 aliphatic carbocycles. The number of piperidine rings is 1. The maximum atomic E-state index is 14.0. The Balaban J connectivity index is 1.62. The number of hydrogen-bond acceptors (Lipinski definition) is 8. The normalized spacial score (nSPS) is 18.3. The van der Waals surface area contributed by atoms with Gasteiger partial charge in [-0.15, -0.1) is 0 Å². The standard InChI is InChI=1S/C22H28ClF2N7O3/c1-21(2,35)4-7-32-16-8-14(9-26-18(16)30(3)20(32)34)28-17-15(23)10-27-19(29-17)31-6-5-22(24,25)13(11-31)12-33/h8-10,13,33,35H,4-7,11-12H2,1-3H3,(H,27,28,29). The Morgan fingerprint density at radius 3 is 2.74 bits per heavy atom. The van der Waals surface area contributed by atoms with Crippen LogP contribution >= 0.6 is 11.6 Å². The number of imidazole rings is 1. The summed E-state index contributed by atoms with van der Waals surface area (Å²) in [5, 5.41) is 22.7. The minimum absolute atomic E-state index is 0.0373. The van der Waals surface area contributed by atoms with Gasteiger partial charge in [0.2, 0.25) is 5.95 Å². The molecule has 3 N–H and O–H groups in total. The van der Waals surface area contributed by atoms with Crippen molar-refractivity contribution in [3.63, 3.8) is 0 Å². The lowest BCUT2D eigenvalue weighted by atomic mass is 9.94. The summed E-state index contributed by atoms with van der Waals surface area (Å²) < 4.78 is 31.0. The quantitative estimate of drug-likeness (QED) is 0.442. The summed E-state index contributed by atoms with van der Waals surface area (Å²) in [6.07, 6.45) is 2.86. The number of anilines is 3. The molecule has 1 aliphatic heterocycles. The summed E-state index contributed by atoms with van der Waals surface area (Å²) in [4.78, 5) is 27.3. The van der Waals surface area contributed by atoms with E-state index in [1.54, 1.807) is 36.4 Å². The van der Waals surface area contributed by atoms with Crippen LogP contribution in [0.25, 0.3) is 11.2 Å². The van der Waals surface area contributed by atoms with E-state index in [0.29, 0.717) is 29.8 Å². The number of rotatable bonds is 7. The van der Waals surface area contributed by atoms with Gasteiger partial charge in [0.15, 0.2) is 11.5 Å². The minimum atomic E-state index is -2.95. The molecule has 0 spiro atoms. The number of aromatic nitrogens is 5. The van der Waals surface area contributed by atoms with Crippen LogP contribution in [0.4, 0.5) is 26.2 Å². The van der Waals surface area contributed by atoms with Crippen molar-refractivity contribution in [2.24, 2.45) is 13.0 Å². The van der Waals surface area contributed by atoms with Crippen molar-refractivity contribution >= 4 is 40.2 Å². The largest absolute Gasteiger partial charge is 0.396 e. The summed E-state index contributed by atoms with van der Waals surface area (Å²) in [7, 11) is 1.63. The fourth-order valence-electron chi connectivity index (χ4n) is 4.03. The molecule has 1 aliphatic rings. The molecule has 3 aromatic heterocycles. The van der Waals surface area contributed by atoms with Gasteiger partial charge in [0, 0.05) is 33.1 Å². The molecule has 0 amide bonds. The molecule has 13 heteroatoms. The van der Waals surface area contributed by atoms with Crippen LogP contribution in [0.1, 0.15) is 26.7 Å². The van der Waals surface area contributed by atoms with Crippen molar-refractivity contribution in [1.29, 1.82) is 0 Å². The summed E-state index contributed by atoms with van der Waals surface area (Å²) in [6.45, 7) is 2.96. The highest BCUT2D eigenvalue weighted by Crippen LogP contribution is 2.35. The van der Waals surface area contributed by atoms with E-state index in [4.69, 9.17) is 11.6 Å². The number of pyridine rings is 1. The van der Waals surface area contributed by atoms with Crippen LogP contribution in [0.15, 0.2) is 23.3 Å². The van der Waals surface area contributed by atoms with Crippen LogP contribution in [0.2, 0.25) is 5.02 Å². The van der Waals surface area contributed by atoms with Gasteiger partial charge in [0.25, 0.3) is 5.92 Å². The first-order valence-corrected chi connectivity index (χ1v) is 11.6. The van der Waals surface area contributed by atoms with Gasteiger partial charge in [-0.05, 0) is 26.3 Å². The average molecular weight is 512 g/mol. The van der Waals surface area contributed by atoms with Crippen molar-refractivity contribution in [2.75, 3.05) is 29.9 Å². The Morgan fingerprint density at radius 2 is 2.06 bits per heavy atom. The third-order valence-electron chi connectivity index (χ3n) is 6.17. The zero-order chi connectivity index (χ0) is 25.5. The summed E-state index contributed by atoms with van der Waals surface area (Å²) in [6, 6.07) is 1.73. The number of aliphatic hydroxyl groups is 2. The molecule has 1 unspecified atom stereocenters. The van der Waals surface area contributed by atoms with Crippen LogP contribution in [0.3, 0.4) is 0 Å². The predicted octanol–water partition coefficient (Wildman–Crippen LogP) is 2.54. The molecule has 0 radical (unpaired) electrons. The van der Waals surface area contributed by atoms with E-state index in [1.165, 1.54) is 17.0 Å². The van der Waals surface area contributed by atoms with E-state index in [-0.39, 0.29) is 35.6 Å². The maximum absolute atomic E-state index is 14.0. The first-order chi connectivity index (χ1) is 16.4. The second-order valence-corrected chi connectivity index (χ2v) is 9.86. The topological polar surface area (TPSA) is 121 Å². The number of halogens is 3. The van der Waals surface area contributed by atoms with E-state index in [2.05, 4.69) is 20.3 Å². The van der Waals surface area contributed by atoms with E-state index in [9.17, 15) is 23.8 Å². The number of nitrogens with one attached hydrogen (secondary N) is 1. The number of aryl methyl sites for hydroxylation is 2. The number of nitrogens with zero attached hydrogens (tertiary/aromatic N) is 6. The lowest BCUT2D eigenvalue weighted by molar-refractivity contribution is -0.0881. The van der Waals surface area contributed by atoms with Crippen LogP contribution in [0, 0.1) is 5.92 Å². The molecule has 190 valence electrons. The van der Waals surface area contributed by atoms with E-state index < -0.39 is 30.5 Å². The highest BCUT2D eigenvalue weighted by atomic mass is 35.5. The van der Waals surface area contributed by atoms with E-state index in [0.717, 1.165) is 0 Å². The number of alkyl halides is 2. The first-order valence-electron chi connectivity index (χ1n) is 11.2. The van der Waals surface area contributed by atoms with Crippen LogP contribution in [-0.2, 0) is 13.6 Å². The van der Waals surface area contributed by atoms with Crippen molar-refractivity contribution in [2.45, 2.75) is 44.8 Å². The number of aliphatic hydroxyl groups excluding tert-OH is 1. The first kappa shape index (κ1) is 25.3. The molecular formula is C22H28ClF2N7O3. The SMILES string of the molecule is Cn1c(=O)n(CCC(C)(C)O)c2cc(Nc3nc(N4CCC(F)(F)C(CO)C4)ncc3Cl)cnc21. The summed E-state index contributed by atoms with van der Waals surface area (Å²) in [5.41, 5.74) is 0.362. The second-order valence-electron chi connectivity index (χ2n) is 9.45. The number of fused-ring (bicyclic) bond motifs is 1. The van der Waals surface area contributed by atoms with Gasteiger partial charge in [0.05, 0.1) is 41.7 Å². The van der Waals surface area contributed by atoms with E-state index in [1.807, 2.05) is 0 Å². The van der Waals surface area contributed by atoms with Crippen molar-refractivity contribution < 1.29 is 19.0 Å². The van der Waals surface area contributed by atoms with Gasteiger partial charge in [-0.25, -0.2) is 23.5 Å². The fourth-order valence-corrected chi connectivity index (χ4v) is 4.17. The molecule has 10 nitrogen and oxygen atoms in total. The van der Waals surface area contributed by atoms with Crippen molar-refractivity contribution in [1.82, 2.24) is 24.1 Å². The highest BCUT2D eigenvalue weighted by Gasteiger charge is 2.44. The molecule has 0 saturated carbocycles. The maximum Gasteiger partial charge on any atom is 0.330 e. The zero-order valence-electron chi connectivity index (χ0n) is 19.7. The zero-order valence-corrected chi connectivity index (χ0v) is 20.4. The summed E-state index contributed by atoms with van der Waals surface area (Å²) >= 11 is 6.29. The van der Waals surface area contributed by atoms with Gasteiger partial charge in [-0.1, -0.05) is 11.6 Å². The van der Waals surface area contributed by atoms with Gasteiger partial charge in [-0.3, -0.25) is 9.13 Å². The Labute approximate surface area is 205 Å². The Kier molecular flexibility index (Phi) is 6.73. The van der Waals surface area contributed by atoms with Crippen molar-refractivity contribution in [3.8, 4) is 0 Å².